The number of methoxy groups -OCH3 is 1. The van der Waals surface area contributed by atoms with E-state index in [0.29, 0.717) is 5.56 Å². The first-order valence-electron chi connectivity index (χ1n) is 5.66. The van der Waals surface area contributed by atoms with E-state index in [2.05, 4.69) is 20.6 Å². The van der Waals surface area contributed by atoms with Crippen molar-refractivity contribution < 1.29 is 9.53 Å². The molecule has 1 unspecified atom stereocenters. The summed E-state index contributed by atoms with van der Waals surface area (Å²) >= 11 is 0. The number of ether oxygens (including phenoxy) is 1. The molecule has 1 atom stereocenters. The van der Waals surface area contributed by atoms with E-state index >= 15 is 0 Å². The van der Waals surface area contributed by atoms with Gasteiger partial charge in [-0.15, -0.1) is 0 Å². The number of carbonyl (C=O) groups excluding carboxylic acids is 1. The minimum atomic E-state index is -1.19. The van der Waals surface area contributed by atoms with Crippen LogP contribution >= 0.6 is 0 Å². The van der Waals surface area contributed by atoms with Gasteiger partial charge in [-0.05, 0) is 12.1 Å². The molecule has 0 radical (unpaired) electrons. The third-order valence-electron chi connectivity index (χ3n) is 2.47. The number of nitrogens with two attached hydrogens (primary N) is 1. The summed E-state index contributed by atoms with van der Waals surface area (Å²) in [6, 6.07) is 8.99. The van der Waals surface area contributed by atoms with Gasteiger partial charge < -0.3 is 15.8 Å². The summed E-state index contributed by atoms with van der Waals surface area (Å²) in [6.07, 6.45) is 0. The van der Waals surface area contributed by atoms with Crippen LogP contribution in [0.5, 0.6) is 0 Å². The molecule has 7 nitrogen and oxygen atoms in total. The van der Waals surface area contributed by atoms with Crippen LogP contribution < -0.4 is 16.4 Å². The van der Waals surface area contributed by atoms with Gasteiger partial charge >= 0.3 is 0 Å². The van der Waals surface area contributed by atoms with Crippen molar-refractivity contribution in [2.75, 3.05) is 7.11 Å². The summed E-state index contributed by atoms with van der Waals surface area (Å²) < 4.78 is 4.97. The fourth-order valence-corrected chi connectivity index (χ4v) is 1.65. The van der Waals surface area contributed by atoms with Gasteiger partial charge in [0, 0.05) is 12.5 Å². The van der Waals surface area contributed by atoms with Crippen molar-refractivity contribution in [3.05, 3.63) is 35.9 Å². The van der Waals surface area contributed by atoms with Gasteiger partial charge in [0.05, 0.1) is 7.11 Å². The number of carbonyl (C=O) groups is 1. The Balaban J connectivity index is 2.19. The summed E-state index contributed by atoms with van der Waals surface area (Å²) in [5.41, 5.74) is 6.14. The topological polar surface area (TPSA) is 101 Å². The predicted octanol–water partition coefficient (Wildman–Crippen LogP) is 0.0104. The largest absolute Gasteiger partial charge is 0.468 e. The number of amides is 1. The molecule has 4 N–H and O–H groups in total. The maximum Gasteiger partial charge on any atom is 0.295 e. The molecule has 1 aliphatic heterocycles. The molecule has 0 saturated heterocycles. The summed E-state index contributed by atoms with van der Waals surface area (Å²) in [5.74, 6) is -1.35. The van der Waals surface area contributed by atoms with Crippen LogP contribution in [0.1, 0.15) is 17.3 Å². The second-order valence-electron chi connectivity index (χ2n) is 4.08. The molecule has 1 heterocycles. The van der Waals surface area contributed by atoms with Crippen LogP contribution in [0, 0.1) is 0 Å². The van der Waals surface area contributed by atoms with Gasteiger partial charge in [-0.1, -0.05) is 18.2 Å². The fourth-order valence-electron chi connectivity index (χ4n) is 1.65. The number of guanidine groups is 1. The van der Waals surface area contributed by atoms with Crippen LogP contribution in [-0.4, -0.2) is 30.8 Å². The molecule has 0 fully saturated rings. The summed E-state index contributed by atoms with van der Waals surface area (Å²) in [4.78, 5) is 20.3. The van der Waals surface area contributed by atoms with E-state index in [1.165, 1.54) is 7.11 Å². The predicted molar refractivity (Wildman–Crippen MR) is 71.5 cm³/mol. The number of aliphatic imine (C=N–C) groups is 2. The van der Waals surface area contributed by atoms with E-state index in [4.69, 9.17) is 10.5 Å². The van der Waals surface area contributed by atoms with Crippen LogP contribution in [0.25, 0.3) is 0 Å². The number of nitrogens with zero attached hydrogens (tertiary/aromatic N) is 2. The third kappa shape index (κ3) is 3.01. The Morgan fingerprint density at radius 2 is 2.05 bits per heavy atom. The molecule has 1 aromatic rings. The van der Waals surface area contributed by atoms with Crippen LogP contribution in [0.2, 0.25) is 0 Å². The highest BCUT2D eigenvalue weighted by atomic mass is 16.5. The Hall–Kier alpha value is -2.57. The van der Waals surface area contributed by atoms with Crippen molar-refractivity contribution in [3.63, 3.8) is 0 Å². The summed E-state index contributed by atoms with van der Waals surface area (Å²) in [6.45, 7) is 1.63. The molecule has 1 amide bonds. The smallest absolute Gasteiger partial charge is 0.295 e. The molecule has 2 rings (SSSR count). The minimum Gasteiger partial charge on any atom is -0.468 e. The molecule has 0 bridgehead atoms. The highest BCUT2D eigenvalue weighted by Crippen LogP contribution is 2.13. The highest BCUT2D eigenvalue weighted by Gasteiger charge is 2.30. The zero-order valence-electron chi connectivity index (χ0n) is 10.7. The van der Waals surface area contributed by atoms with Gasteiger partial charge in [-0.3, -0.25) is 10.1 Å². The van der Waals surface area contributed by atoms with Gasteiger partial charge in [0.25, 0.3) is 11.9 Å². The molecular formula is C12H15N5O2. The molecule has 19 heavy (non-hydrogen) atoms. The lowest BCUT2D eigenvalue weighted by molar-refractivity contribution is 0.0910. The lowest BCUT2D eigenvalue weighted by Crippen LogP contribution is -2.52. The van der Waals surface area contributed by atoms with Crippen molar-refractivity contribution in [2.45, 2.75) is 12.7 Å². The molecule has 1 aromatic carbocycles. The van der Waals surface area contributed by atoms with E-state index in [-0.39, 0.29) is 17.9 Å². The SMILES string of the molecule is COC1=NC(C)(NC(=O)c2ccccc2)N=C(N)N1. The zero-order valence-corrected chi connectivity index (χ0v) is 10.7. The Labute approximate surface area is 110 Å². The number of hydrogen-bond acceptors (Lipinski definition) is 6. The highest BCUT2D eigenvalue weighted by molar-refractivity contribution is 5.98. The van der Waals surface area contributed by atoms with Crippen LogP contribution in [0.4, 0.5) is 0 Å². The Kier molecular flexibility index (Phi) is 3.37. The zero-order chi connectivity index (χ0) is 13.9. The molecule has 0 aromatic heterocycles. The van der Waals surface area contributed by atoms with Gasteiger partial charge in [0.2, 0.25) is 11.7 Å². The lowest BCUT2D eigenvalue weighted by atomic mass is 10.2. The maximum absolute atomic E-state index is 12.1. The van der Waals surface area contributed by atoms with E-state index < -0.39 is 5.79 Å². The van der Waals surface area contributed by atoms with Crippen molar-refractivity contribution in [3.8, 4) is 0 Å². The molecule has 100 valence electrons. The quantitative estimate of drug-likeness (QED) is 0.698. The maximum atomic E-state index is 12.1. The second-order valence-corrected chi connectivity index (χ2v) is 4.08. The van der Waals surface area contributed by atoms with Crippen LogP contribution in [0.15, 0.2) is 40.3 Å². The van der Waals surface area contributed by atoms with Gasteiger partial charge in [0.1, 0.15) is 0 Å². The monoisotopic (exact) mass is 261 g/mol. The Morgan fingerprint density at radius 1 is 1.37 bits per heavy atom. The summed E-state index contributed by atoms with van der Waals surface area (Å²) in [7, 11) is 1.45. The fraction of sp³-hybridized carbons (Fsp3) is 0.250. The molecular weight excluding hydrogens is 246 g/mol. The molecule has 0 aliphatic carbocycles. The number of rotatable bonds is 2. The summed E-state index contributed by atoms with van der Waals surface area (Å²) in [5, 5.41) is 5.33. The standard InChI is InChI=1S/C12H15N5O2/c1-12(16-10(13)14-11(17-12)19-2)15-9(18)8-6-4-3-5-7-8/h3-7H,1-2H3,(H,15,18)(H3,13,14,16,17). The van der Waals surface area contributed by atoms with E-state index in [9.17, 15) is 4.79 Å². The van der Waals surface area contributed by atoms with Gasteiger partial charge in [0.15, 0.2) is 0 Å². The van der Waals surface area contributed by atoms with Gasteiger partial charge in [-0.2, -0.15) is 4.99 Å². The number of nitrogens with one attached hydrogen (secondary N) is 2. The number of benzene rings is 1. The second kappa shape index (κ2) is 4.97. The lowest BCUT2D eigenvalue weighted by Gasteiger charge is -2.27. The first kappa shape index (κ1) is 12.9. The number of hydrogen-bond donors (Lipinski definition) is 3. The first-order chi connectivity index (χ1) is 9.02. The normalized spacial score (nSPS) is 21.8. The van der Waals surface area contributed by atoms with E-state index in [1.807, 2.05) is 6.07 Å². The van der Waals surface area contributed by atoms with Crippen molar-refractivity contribution >= 4 is 17.9 Å². The van der Waals surface area contributed by atoms with Crippen molar-refractivity contribution in [1.82, 2.24) is 10.6 Å². The molecule has 0 saturated carbocycles. The molecule has 0 spiro atoms. The van der Waals surface area contributed by atoms with Crippen molar-refractivity contribution in [1.29, 1.82) is 0 Å². The first-order valence-corrected chi connectivity index (χ1v) is 5.66. The van der Waals surface area contributed by atoms with E-state index in [0.717, 1.165) is 0 Å². The third-order valence-corrected chi connectivity index (χ3v) is 2.47. The Bertz CT molecular complexity index is 540. The molecule has 7 heteroatoms. The number of amidine groups is 1. The van der Waals surface area contributed by atoms with Gasteiger partial charge in [-0.25, -0.2) is 4.99 Å². The van der Waals surface area contributed by atoms with Crippen molar-refractivity contribution in [2.24, 2.45) is 15.7 Å². The van der Waals surface area contributed by atoms with Crippen LogP contribution in [-0.2, 0) is 4.74 Å². The average molecular weight is 261 g/mol. The van der Waals surface area contributed by atoms with E-state index in [1.54, 1.807) is 31.2 Å². The van der Waals surface area contributed by atoms with Crippen LogP contribution in [0.3, 0.4) is 0 Å². The average Bonchev–Trinajstić information content (AvgIpc) is 2.38. The minimum absolute atomic E-state index is 0.128. The molecule has 1 aliphatic rings. The Morgan fingerprint density at radius 3 is 2.68 bits per heavy atom.